The molecule has 2 aromatic rings. The largest absolute Gasteiger partial charge is 0.486 e. The van der Waals surface area contributed by atoms with Gasteiger partial charge in [0, 0.05) is 13.1 Å². The van der Waals surface area contributed by atoms with Crippen molar-refractivity contribution < 1.29 is 18.7 Å². The van der Waals surface area contributed by atoms with E-state index in [1.165, 1.54) is 6.08 Å². The van der Waals surface area contributed by atoms with Crippen molar-refractivity contribution in [3.8, 4) is 11.5 Å². The minimum atomic E-state index is -0.180. The Hall–Kier alpha value is -2.69. The maximum atomic E-state index is 12.1. The first-order valence-electron chi connectivity index (χ1n) is 7.07. The van der Waals surface area contributed by atoms with Crippen LogP contribution in [-0.4, -0.2) is 37.1 Å². The molecule has 0 bridgehead atoms. The molecule has 0 spiro atoms. The zero-order valence-corrected chi connectivity index (χ0v) is 12.3. The Labute approximate surface area is 128 Å². The summed E-state index contributed by atoms with van der Waals surface area (Å²) in [4.78, 5) is 13.7. The maximum absolute atomic E-state index is 12.1. The van der Waals surface area contributed by atoms with Crippen molar-refractivity contribution in [2.24, 2.45) is 0 Å². The summed E-state index contributed by atoms with van der Waals surface area (Å²) in [6.07, 6.45) is 4.52. The number of nitrogens with zero attached hydrogens (tertiary/aromatic N) is 1. The monoisotopic (exact) mass is 299 g/mol. The lowest BCUT2D eigenvalue weighted by atomic mass is 10.2. The number of carbonyl (C=O) groups is 1. The molecule has 0 saturated carbocycles. The Morgan fingerprint density at radius 2 is 2.09 bits per heavy atom. The fourth-order valence-corrected chi connectivity index (χ4v) is 2.22. The normalized spacial score (nSPS) is 16.7. The molecule has 1 aliphatic heterocycles. The van der Waals surface area contributed by atoms with Crippen molar-refractivity contribution in [1.82, 2.24) is 4.90 Å². The molecule has 5 heteroatoms. The van der Waals surface area contributed by atoms with Crippen LogP contribution in [0.2, 0.25) is 0 Å². The van der Waals surface area contributed by atoms with Gasteiger partial charge < -0.3 is 18.8 Å². The van der Waals surface area contributed by atoms with Crippen molar-refractivity contribution in [2.45, 2.75) is 6.10 Å². The number of likely N-dealkylation sites (N-methyl/N-ethyl adjacent to an activating group) is 1. The molecule has 3 rings (SSSR count). The van der Waals surface area contributed by atoms with Crippen LogP contribution in [0.4, 0.5) is 0 Å². The Morgan fingerprint density at radius 1 is 1.27 bits per heavy atom. The van der Waals surface area contributed by atoms with Crippen molar-refractivity contribution in [3.63, 3.8) is 0 Å². The van der Waals surface area contributed by atoms with Gasteiger partial charge in [0.2, 0.25) is 5.91 Å². The molecule has 1 aromatic carbocycles. The Kier molecular flexibility index (Phi) is 4.14. The highest BCUT2D eigenvalue weighted by atomic mass is 16.6. The number of fused-ring (bicyclic) bond motifs is 1. The van der Waals surface area contributed by atoms with Crippen LogP contribution in [0.15, 0.2) is 53.2 Å². The van der Waals surface area contributed by atoms with Crippen molar-refractivity contribution in [2.75, 3.05) is 20.2 Å². The van der Waals surface area contributed by atoms with E-state index in [0.717, 1.165) is 5.75 Å². The fraction of sp³-hybridized carbons (Fsp3) is 0.235. The summed E-state index contributed by atoms with van der Waals surface area (Å²) in [5, 5.41) is 0. The van der Waals surface area contributed by atoms with Crippen molar-refractivity contribution >= 4 is 12.0 Å². The molecule has 0 fully saturated rings. The first kappa shape index (κ1) is 14.3. The zero-order valence-electron chi connectivity index (χ0n) is 12.3. The number of carbonyl (C=O) groups excluding carboxylic acids is 1. The minimum absolute atomic E-state index is 0.112. The van der Waals surface area contributed by atoms with E-state index in [2.05, 4.69) is 0 Å². The van der Waals surface area contributed by atoms with E-state index >= 15 is 0 Å². The molecular weight excluding hydrogens is 282 g/mol. The molecule has 114 valence electrons. The topological polar surface area (TPSA) is 51.9 Å². The summed E-state index contributed by atoms with van der Waals surface area (Å²) < 4.78 is 16.6. The molecule has 2 heterocycles. The molecule has 5 nitrogen and oxygen atoms in total. The average Bonchev–Trinajstić information content (AvgIpc) is 3.06. The molecule has 1 atom stereocenters. The lowest BCUT2D eigenvalue weighted by Crippen LogP contribution is -2.41. The summed E-state index contributed by atoms with van der Waals surface area (Å²) in [5.74, 6) is 1.99. The van der Waals surface area contributed by atoms with Gasteiger partial charge in [-0.05, 0) is 30.3 Å². The first-order valence-corrected chi connectivity index (χ1v) is 7.07. The molecule has 0 saturated heterocycles. The molecule has 1 aromatic heterocycles. The highest BCUT2D eigenvalue weighted by Crippen LogP contribution is 2.30. The Morgan fingerprint density at radius 3 is 2.86 bits per heavy atom. The number of rotatable bonds is 4. The third kappa shape index (κ3) is 3.31. The standard InChI is InChI=1S/C17H17NO4/c1-18(17(19)9-8-13-5-4-10-20-13)11-14-12-21-15-6-2-3-7-16(15)22-14/h2-10,14H,11-12H2,1H3/b9-8+. The summed E-state index contributed by atoms with van der Waals surface area (Å²) in [6, 6.07) is 11.1. The Bertz CT molecular complexity index is 663. The predicted molar refractivity (Wildman–Crippen MR) is 81.7 cm³/mol. The van der Waals surface area contributed by atoms with E-state index in [1.807, 2.05) is 24.3 Å². The van der Waals surface area contributed by atoms with Crippen LogP contribution in [0, 0.1) is 0 Å². The highest BCUT2D eigenvalue weighted by Gasteiger charge is 2.22. The summed E-state index contributed by atoms with van der Waals surface area (Å²) >= 11 is 0. The third-order valence-electron chi connectivity index (χ3n) is 3.35. The number of hydrogen-bond donors (Lipinski definition) is 0. The number of para-hydroxylation sites is 2. The smallest absolute Gasteiger partial charge is 0.246 e. The van der Waals surface area contributed by atoms with Crippen LogP contribution >= 0.6 is 0 Å². The van der Waals surface area contributed by atoms with Gasteiger partial charge in [0.05, 0.1) is 12.8 Å². The molecule has 1 unspecified atom stereocenters. The zero-order chi connectivity index (χ0) is 15.4. The number of benzene rings is 1. The van der Waals surface area contributed by atoms with Crippen LogP contribution < -0.4 is 9.47 Å². The third-order valence-corrected chi connectivity index (χ3v) is 3.35. The summed E-state index contributed by atoms with van der Waals surface area (Å²) in [6.45, 7) is 0.881. The molecule has 1 aliphatic rings. The van der Waals surface area contributed by atoms with Gasteiger partial charge in [-0.25, -0.2) is 0 Å². The van der Waals surface area contributed by atoms with Crippen LogP contribution in [0.3, 0.4) is 0 Å². The highest BCUT2D eigenvalue weighted by molar-refractivity contribution is 5.91. The van der Waals surface area contributed by atoms with Gasteiger partial charge in [0.25, 0.3) is 0 Å². The summed E-state index contributed by atoms with van der Waals surface area (Å²) in [7, 11) is 1.73. The van der Waals surface area contributed by atoms with Gasteiger partial charge in [-0.2, -0.15) is 0 Å². The van der Waals surface area contributed by atoms with Crippen LogP contribution in [0.1, 0.15) is 5.76 Å². The number of ether oxygens (including phenoxy) is 2. The quantitative estimate of drug-likeness (QED) is 0.814. The van der Waals surface area contributed by atoms with Gasteiger partial charge >= 0.3 is 0 Å². The Balaban J connectivity index is 1.56. The predicted octanol–water partition coefficient (Wildman–Crippen LogP) is 2.59. The van der Waals surface area contributed by atoms with E-state index in [1.54, 1.807) is 36.4 Å². The molecule has 22 heavy (non-hydrogen) atoms. The van der Waals surface area contributed by atoms with Crippen LogP contribution in [-0.2, 0) is 4.79 Å². The second-order valence-electron chi connectivity index (χ2n) is 5.07. The van der Waals surface area contributed by atoms with Gasteiger partial charge in [0.1, 0.15) is 12.4 Å². The first-order chi connectivity index (χ1) is 10.7. The second-order valence-corrected chi connectivity index (χ2v) is 5.07. The van der Waals surface area contributed by atoms with E-state index in [4.69, 9.17) is 13.9 Å². The van der Waals surface area contributed by atoms with E-state index in [0.29, 0.717) is 24.7 Å². The SMILES string of the molecule is CN(CC1COc2ccccc2O1)C(=O)/C=C/c1ccco1. The lowest BCUT2D eigenvalue weighted by molar-refractivity contribution is -0.126. The lowest BCUT2D eigenvalue weighted by Gasteiger charge is -2.29. The number of hydrogen-bond acceptors (Lipinski definition) is 4. The molecule has 0 N–H and O–H groups in total. The fourth-order valence-electron chi connectivity index (χ4n) is 2.22. The number of furan rings is 1. The van der Waals surface area contributed by atoms with Gasteiger partial charge in [-0.1, -0.05) is 12.1 Å². The maximum Gasteiger partial charge on any atom is 0.246 e. The van der Waals surface area contributed by atoms with Crippen LogP contribution in [0.5, 0.6) is 11.5 Å². The summed E-state index contributed by atoms with van der Waals surface area (Å²) in [5.41, 5.74) is 0. The van der Waals surface area contributed by atoms with Gasteiger partial charge in [0.15, 0.2) is 17.6 Å². The van der Waals surface area contributed by atoms with Crippen molar-refractivity contribution in [3.05, 3.63) is 54.5 Å². The van der Waals surface area contributed by atoms with E-state index in [9.17, 15) is 4.79 Å². The van der Waals surface area contributed by atoms with Crippen molar-refractivity contribution in [1.29, 1.82) is 0 Å². The molecule has 0 radical (unpaired) electrons. The van der Waals surface area contributed by atoms with E-state index in [-0.39, 0.29) is 12.0 Å². The second kappa shape index (κ2) is 6.39. The molecule has 1 amide bonds. The minimum Gasteiger partial charge on any atom is -0.486 e. The van der Waals surface area contributed by atoms with E-state index < -0.39 is 0 Å². The molecular formula is C17H17NO4. The van der Waals surface area contributed by atoms with Crippen LogP contribution in [0.25, 0.3) is 6.08 Å². The molecule has 0 aliphatic carbocycles. The average molecular weight is 299 g/mol. The van der Waals surface area contributed by atoms with Gasteiger partial charge in [-0.3, -0.25) is 4.79 Å². The number of amides is 1. The van der Waals surface area contributed by atoms with Gasteiger partial charge in [-0.15, -0.1) is 0 Å².